The standard InChI is InChI=1S/C19H17NO4/c21-16-10-11-24-18(17(16)22)19(23)20-12-13-6-8-15(9-7-13)14-4-2-1-3-5-14/h1-6,8,10-11,22H,7,9,12H2,(H,20,23). The van der Waals surface area contributed by atoms with E-state index in [4.69, 9.17) is 4.42 Å². The molecule has 0 fully saturated rings. The zero-order valence-electron chi connectivity index (χ0n) is 13.0. The van der Waals surface area contributed by atoms with E-state index in [0.717, 1.165) is 30.7 Å². The topological polar surface area (TPSA) is 79.5 Å². The Morgan fingerprint density at radius 3 is 2.62 bits per heavy atom. The van der Waals surface area contributed by atoms with Gasteiger partial charge in [0.25, 0.3) is 5.91 Å². The predicted molar refractivity (Wildman–Crippen MR) is 90.7 cm³/mol. The van der Waals surface area contributed by atoms with Crippen molar-refractivity contribution in [1.82, 2.24) is 5.32 Å². The summed E-state index contributed by atoms with van der Waals surface area (Å²) in [5, 5.41) is 12.2. The zero-order valence-corrected chi connectivity index (χ0v) is 13.0. The first kappa shape index (κ1) is 15.8. The van der Waals surface area contributed by atoms with Crippen LogP contribution in [0.5, 0.6) is 5.75 Å². The van der Waals surface area contributed by atoms with Gasteiger partial charge in [-0.1, -0.05) is 48.1 Å². The molecule has 0 saturated heterocycles. The van der Waals surface area contributed by atoms with Crippen LogP contribution in [0.2, 0.25) is 0 Å². The summed E-state index contributed by atoms with van der Waals surface area (Å²) in [6.07, 6.45) is 6.88. The maximum absolute atomic E-state index is 12.0. The van der Waals surface area contributed by atoms with E-state index in [0.29, 0.717) is 6.54 Å². The van der Waals surface area contributed by atoms with Crippen molar-refractivity contribution in [2.45, 2.75) is 12.8 Å². The minimum Gasteiger partial charge on any atom is -0.501 e. The van der Waals surface area contributed by atoms with Gasteiger partial charge in [0, 0.05) is 12.6 Å². The number of rotatable bonds is 4. The minimum atomic E-state index is -0.668. The number of carbonyl (C=O) groups excluding carboxylic acids is 1. The third-order valence-electron chi connectivity index (χ3n) is 3.92. The van der Waals surface area contributed by atoms with Gasteiger partial charge in [-0.3, -0.25) is 9.59 Å². The number of hydrogen-bond acceptors (Lipinski definition) is 4. The van der Waals surface area contributed by atoms with Crippen molar-refractivity contribution < 1.29 is 14.3 Å². The monoisotopic (exact) mass is 323 g/mol. The molecule has 2 aromatic rings. The van der Waals surface area contributed by atoms with Gasteiger partial charge >= 0.3 is 0 Å². The van der Waals surface area contributed by atoms with Crippen LogP contribution in [-0.2, 0) is 0 Å². The molecule has 1 aromatic heterocycles. The first-order valence-electron chi connectivity index (χ1n) is 7.68. The van der Waals surface area contributed by atoms with E-state index < -0.39 is 17.1 Å². The van der Waals surface area contributed by atoms with Crippen LogP contribution >= 0.6 is 0 Å². The lowest BCUT2D eigenvalue weighted by molar-refractivity contribution is 0.0921. The van der Waals surface area contributed by atoms with E-state index >= 15 is 0 Å². The van der Waals surface area contributed by atoms with Crippen molar-refractivity contribution >= 4 is 11.5 Å². The van der Waals surface area contributed by atoms with Crippen LogP contribution in [0.3, 0.4) is 0 Å². The molecule has 3 rings (SSSR count). The van der Waals surface area contributed by atoms with Crippen LogP contribution in [0, 0.1) is 0 Å². The molecule has 2 N–H and O–H groups in total. The first-order valence-corrected chi connectivity index (χ1v) is 7.68. The van der Waals surface area contributed by atoms with E-state index in [1.165, 1.54) is 11.1 Å². The highest BCUT2D eigenvalue weighted by molar-refractivity contribution is 5.93. The summed E-state index contributed by atoms with van der Waals surface area (Å²) in [6.45, 7) is 0.343. The van der Waals surface area contributed by atoms with Gasteiger partial charge in [-0.25, -0.2) is 0 Å². The highest BCUT2D eigenvalue weighted by Gasteiger charge is 2.17. The Labute approximate surface area is 138 Å². The van der Waals surface area contributed by atoms with E-state index in [-0.39, 0.29) is 5.76 Å². The highest BCUT2D eigenvalue weighted by Crippen LogP contribution is 2.26. The van der Waals surface area contributed by atoms with Crippen LogP contribution in [0.4, 0.5) is 0 Å². The number of hydrogen-bond donors (Lipinski definition) is 2. The van der Waals surface area contributed by atoms with Gasteiger partial charge in [0.05, 0.1) is 6.26 Å². The summed E-state index contributed by atoms with van der Waals surface area (Å²) < 4.78 is 4.92. The number of benzene rings is 1. The SMILES string of the molecule is O=C(NCC1=CC=C(c2ccccc2)CC1)c1occc(=O)c1O. The molecule has 1 aliphatic rings. The molecular weight excluding hydrogens is 306 g/mol. The van der Waals surface area contributed by atoms with Gasteiger partial charge in [0.15, 0.2) is 0 Å². The van der Waals surface area contributed by atoms with Gasteiger partial charge in [-0.2, -0.15) is 0 Å². The number of carbonyl (C=O) groups is 1. The molecule has 0 radical (unpaired) electrons. The van der Waals surface area contributed by atoms with Crippen molar-refractivity contribution in [2.75, 3.05) is 6.54 Å². The van der Waals surface area contributed by atoms with Crippen LogP contribution in [0.25, 0.3) is 5.57 Å². The van der Waals surface area contributed by atoms with E-state index in [1.54, 1.807) is 0 Å². The van der Waals surface area contributed by atoms with Crippen LogP contribution in [-0.4, -0.2) is 17.6 Å². The lowest BCUT2D eigenvalue weighted by Gasteiger charge is -2.15. The summed E-state index contributed by atoms with van der Waals surface area (Å²) in [6, 6.07) is 11.2. The maximum Gasteiger partial charge on any atom is 0.291 e. The molecule has 5 heteroatoms. The van der Waals surface area contributed by atoms with Crippen molar-refractivity contribution in [3.8, 4) is 5.75 Å². The fourth-order valence-corrected chi connectivity index (χ4v) is 2.57. The molecule has 0 aliphatic heterocycles. The fourth-order valence-electron chi connectivity index (χ4n) is 2.57. The second-order valence-corrected chi connectivity index (χ2v) is 5.53. The summed E-state index contributed by atoms with van der Waals surface area (Å²) in [4.78, 5) is 23.3. The largest absolute Gasteiger partial charge is 0.501 e. The zero-order chi connectivity index (χ0) is 16.9. The number of aromatic hydroxyl groups is 1. The van der Waals surface area contributed by atoms with Gasteiger partial charge in [-0.05, 0) is 24.0 Å². The van der Waals surface area contributed by atoms with Crippen molar-refractivity contribution in [2.24, 2.45) is 0 Å². The predicted octanol–water partition coefficient (Wildman–Crippen LogP) is 2.88. The lowest BCUT2D eigenvalue weighted by atomic mass is 9.93. The number of nitrogens with one attached hydrogen (secondary N) is 1. The highest BCUT2D eigenvalue weighted by atomic mass is 16.4. The Hall–Kier alpha value is -3.08. The molecule has 24 heavy (non-hydrogen) atoms. The van der Waals surface area contributed by atoms with Crippen molar-refractivity contribution in [3.05, 3.63) is 81.9 Å². The molecule has 1 heterocycles. The third kappa shape index (κ3) is 3.46. The van der Waals surface area contributed by atoms with Crippen LogP contribution in [0.1, 0.15) is 29.0 Å². The van der Waals surface area contributed by atoms with Gasteiger partial charge < -0.3 is 14.8 Å². The summed E-state index contributed by atoms with van der Waals surface area (Å²) in [7, 11) is 0. The average molecular weight is 323 g/mol. The molecule has 0 unspecified atom stereocenters. The summed E-state index contributed by atoms with van der Waals surface area (Å²) in [5.74, 6) is -1.64. The molecule has 1 aliphatic carbocycles. The number of amides is 1. The normalized spacial score (nSPS) is 13.8. The Morgan fingerprint density at radius 1 is 1.12 bits per heavy atom. The number of allylic oxidation sites excluding steroid dienone is 3. The molecule has 5 nitrogen and oxygen atoms in total. The summed E-state index contributed by atoms with van der Waals surface area (Å²) in [5.41, 5.74) is 2.89. The Bertz CT molecular complexity index is 862. The van der Waals surface area contributed by atoms with Gasteiger partial charge in [-0.15, -0.1) is 0 Å². The molecule has 0 spiro atoms. The third-order valence-corrected chi connectivity index (χ3v) is 3.92. The summed E-state index contributed by atoms with van der Waals surface area (Å²) >= 11 is 0. The lowest BCUT2D eigenvalue weighted by Crippen LogP contribution is -2.27. The van der Waals surface area contributed by atoms with E-state index in [1.807, 2.05) is 24.3 Å². The molecule has 122 valence electrons. The van der Waals surface area contributed by atoms with Gasteiger partial charge in [0.1, 0.15) is 0 Å². The molecular formula is C19H17NO4. The minimum absolute atomic E-state index is 0.343. The second-order valence-electron chi connectivity index (χ2n) is 5.53. The molecule has 0 bridgehead atoms. The Kier molecular flexibility index (Phi) is 4.61. The average Bonchev–Trinajstić information content (AvgIpc) is 2.63. The van der Waals surface area contributed by atoms with Crippen LogP contribution < -0.4 is 10.7 Å². The smallest absolute Gasteiger partial charge is 0.291 e. The fraction of sp³-hybridized carbons (Fsp3) is 0.158. The quantitative estimate of drug-likeness (QED) is 0.907. The Balaban J connectivity index is 1.64. The second kappa shape index (κ2) is 7.00. The maximum atomic E-state index is 12.0. The molecule has 0 atom stereocenters. The van der Waals surface area contributed by atoms with E-state index in [2.05, 4.69) is 23.5 Å². The molecule has 1 aromatic carbocycles. The molecule has 0 saturated carbocycles. The van der Waals surface area contributed by atoms with Crippen LogP contribution in [0.15, 0.2) is 69.6 Å². The van der Waals surface area contributed by atoms with Crippen molar-refractivity contribution in [1.29, 1.82) is 0 Å². The van der Waals surface area contributed by atoms with Gasteiger partial charge in [0.2, 0.25) is 16.9 Å². The van der Waals surface area contributed by atoms with E-state index in [9.17, 15) is 14.7 Å². The first-order chi connectivity index (χ1) is 11.6. The molecule has 1 amide bonds. The Morgan fingerprint density at radius 2 is 1.92 bits per heavy atom. The van der Waals surface area contributed by atoms with Crippen molar-refractivity contribution in [3.63, 3.8) is 0 Å².